The van der Waals surface area contributed by atoms with E-state index in [2.05, 4.69) is 23.8 Å². The lowest BCUT2D eigenvalue weighted by Gasteiger charge is -2.01. The number of unbranched alkanes of at least 4 members (excludes halogenated alkanes) is 2. The molecule has 0 aromatic carbocycles. The monoisotopic (exact) mass is 210 g/mol. The third kappa shape index (κ3) is 4.28. The molecule has 1 unspecified atom stereocenters. The lowest BCUT2D eigenvalue weighted by atomic mass is 10.0. The van der Waals surface area contributed by atoms with Crippen molar-refractivity contribution in [1.29, 1.82) is 0 Å². The van der Waals surface area contributed by atoms with Crippen LogP contribution in [0.15, 0.2) is 12.2 Å². The minimum atomic E-state index is -0.369. The van der Waals surface area contributed by atoms with Crippen LogP contribution in [0.2, 0.25) is 0 Å². The van der Waals surface area contributed by atoms with Crippen LogP contribution in [-0.2, 0) is 14.3 Å². The van der Waals surface area contributed by atoms with Gasteiger partial charge in [-0.15, -0.1) is 0 Å². The summed E-state index contributed by atoms with van der Waals surface area (Å²) < 4.78 is 4.47. The fourth-order valence-electron chi connectivity index (χ4n) is 1.63. The predicted molar refractivity (Wildman–Crippen MR) is 57.1 cm³/mol. The number of cyclic esters (lactones) is 2. The van der Waals surface area contributed by atoms with Gasteiger partial charge in [-0.05, 0) is 25.7 Å². The molecule has 3 nitrogen and oxygen atoms in total. The van der Waals surface area contributed by atoms with Gasteiger partial charge in [0.25, 0.3) is 0 Å². The van der Waals surface area contributed by atoms with E-state index in [0.717, 1.165) is 25.7 Å². The van der Waals surface area contributed by atoms with Gasteiger partial charge >= 0.3 is 11.9 Å². The van der Waals surface area contributed by atoms with Crippen LogP contribution in [0.25, 0.3) is 0 Å². The molecule has 0 radical (unpaired) electrons. The predicted octanol–water partition coefficient (Wildman–Crippen LogP) is 2.60. The third-order valence-corrected chi connectivity index (χ3v) is 2.51. The Morgan fingerprint density at radius 1 is 1.33 bits per heavy atom. The Hall–Kier alpha value is -1.12. The number of carbonyl (C=O) groups is 2. The molecule has 0 aromatic rings. The lowest BCUT2D eigenvalue weighted by Crippen LogP contribution is -2.06. The van der Waals surface area contributed by atoms with Crippen LogP contribution in [0, 0.1) is 5.92 Å². The minimum Gasteiger partial charge on any atom is -0.393 e. The first-order valence-electron chi connectivity index (χ1n) is 5.63. The SMILES string of the molecule is CCC/C=C/CCCC1CC(=O)OC1=O. The van der Waals surface area contributed by atoms with E-state index in [1.807, 2.05) is 0 Å². The van der Waals surface area contributed by atoms with Crippen LogP contribution >= 0.6 is 0 Å². The van der Waals surface area contributed by atoms with Gasteiger partial charge in [0.15, 0.2) is 0 Å². The van der Waals surface area contributed by atoms with Gasteiger partial charge in [-0.2, -0.15) is 0 Å². The first-order chi connectivity index (χ1) is 7.24. The summed E-state index contributed by atoms with van der Waals surface area (Å²) in [6, 6.07) is 0. The maximum atomic E-state index is 11.1. The molecule has 0 saturated carbocycles. The smallest absolute Gasteiger partial charge is 0.317 e. The largest absolute Gasteiger partial charge is 0.393 e. The normalized spacial score (nSPS) is 21.3. The molecule has 1 saturated heterocycles. The molecule has 84 valence electrons. The van der Waals surface area contributed by atoms with Crippen molar-refractivity contribution in [2.75, 3.05) is 0 Å². The zero-order valence-electron chi connectivity index (χ0n) is 9.20. The molecule has 15 heavy (non-hydrogen) atoms. The van der Waals surface area contributed by atoms with Crippen LogP contribution in [0.4, 0.5) is 0 Å². The highest BCUT2D eigenvalue weighted by Crippen LogP contribution is 2.21. The van der Waals surface area contributed by atoms with Crippen molar-refractivity contribution in [1.82, 2.24) is 0 Å². The lowest BCUT2D eigenvalue weighted by molar-refractivity contribution is -0.153. The van der Waals surface area contributed by atoms with Gasteiger partial charge in [0.1, 0.15) is 0 Å². The van der Waals surface area contributed by atoms with Crippen molar-refractivity contribution >= 4 is 11.9 Å². The maximum Gasteiger partial charge on any atom is 0.317 e. The van der Waals surface area contributed by atoms with Crippen LogP contribution in [0.1, 0.15) is 45.4 Å². The van der Waals surface area contributed by atoms with Crippen molar-refractivity contribution in [3.8, 4) is 0 Å². The molecular formula is C12H18O3. The molecule has 1 rings (SSSR count). The van der Waals surface area contributed by atoms with Gasteiger partial charge in [-0.25, -0.2) is 0 Å². The highest BCUT2D eigenvalue weighted by atomic mass is 16.6. The van der Waals surface area contributed by atoms with E-state index in [9.17, 15) is 9.59 Å². The molecule has 0 amide bonds. The van der Waals surface area contributed by atoms with Gasteiger partial charge in [0.2, 0.25) is 0 Å². The second kappa shape index (κ2) is 6.38. The molecule has 3 heteroatoms. The Morgan fingerprint density at radius 2 is 2.07 bits per heavy atom. The highest BCUT2D eigenvalue weighted by molar-refractivity contribution is 5.94. The fourth-order valence-corrected chi connectivity index (χ4v) is 1.63. The molecular weight excluding hydrogens is 192 g/mol. The number of ether oxygens (including phenoxy) is 1. The van der Waals surface area contributed by atoms with Crippen molar-refractivity contribution in [2.24, 2.45) is 5.92 Å². The molecule has 1 heterocycles. The van der Waals surface area contributed by atoms with E-state index in [1.54, 1.807) is 0 Å². The summed E-state index contributed by atoms with van der Waals surface area (Å²) in [4.78, 5) is 21.9. The fraction of sp³-hybridized carbons (Fsp3) is 0.667. The Labute approximate surface area is 90.5 Å². The van der Waals surface area contributed by atoms with E-state index >= 15 is 0 Å². The van der Waals surface area contributed by atoms with E-state index in [-0.39, 0.29) is 24.3 Å². The standard InChI is InChI=1S/C12H18O3/c1-2-3-4-5-6-7-8-10-9-11(13)15-12(10)14/h4-5,10H,2-3,6-9H2,1H3/b5-4+. The number of rotatable bonds is 6. The van der Waals surface area contributed by atoms with Crippen molar-refractivity contribution in [2.45, 2.75) is 45.4 Å². The van der Waals surface area contributed by atoms with Crippen LogP contribution in [-0.4, -0.2) is 11.9 Å². The summed E-state index contributed by atoms with van der Waals surface area (Å²) >= 11 is 0. The van der Waals surface area contributed by atoms with E-state index in [1.165, 1.54) is 6.42 Å². The second-order valence-electron chi connectivity index (χ2n) is 3.89. The number of hydrogen-bond acceptors (Lipinski definition) is 3. The molecule has 1 aliphatic heterocycles. The van der Waals surface area contributed by atoms with Crippen LogP contribution in [0.5, 0.6) is 0 Å². The minimum absolute atomic E-state index is 0.183. The zero-order valence-corrected chi connectivity index (χ0v) is 9.20. The molecule has 1 atom stereocenters. The van der Waals surface area contributed by atoms with E-state index in [4.69, 9.17) is 0 Å². The first-order valence-corrected chi connectivity index (χ1v) is 5.63. The maximum absolute atomic E-state index is 11.1. The van der Waals surface area contributed by atoms with Gasteiger partial charge < -0.3 is 4.74 Å². The third-order valence-electron chi connectivity index (χ3n) is 2.51. The summed E-state index contributed by atoms with van der Waals surface area (Å²) in [6.07, 6.45) is 9.57. The Kier molecular flexibility index (Phi) is 5.08. The Balaban J connectivity index is 2.10. The molecule has 0 aliphatic carbocycles. The van der Waals surface area contributed by atoms with Crippen LogP contribution < -0.4 is 0 Å². The Morgan fingerprint density at radius 3 is 2.67 bits per heavy atom. The van der Waals surface area contributed by atoms with Crippen LogP contribution in [0.3, 0.4) is 0 Å². The van der Waals surface area contributed by atoms with Crippen molar-refractivity contribution in [3.63, 3.8) is 0 Å². The number of allylic oxidation sites excluding steroid dienone is 2. The quantitative estimate of drug-likeness (QED) is 0.293. The molecule has 0 aromatic heterocycles. The summed E-state index contributed by atoms with van der Waals surface area (Å²) in [5.74, 6) is -0.888. The zero-order chi connectivity index (χ0) is 11.1. The second-order valence-corrected chi connectivity index (χ2v) is 3.89. The topological polar surface area (TPSA) is 43.4 Å². The van der Waals surface area contributed by atoms with Gasteiger partial charge in [0, 0.05) is 0 Å². The number of carbonyl (C=O) groups excluding carboxylic acids is 2. The summed E-state index contributed by atoms with van der Waals surface area (Å²) in [5, 5.41) is 0. The van der Waals surface area contributed by atoms with E-state index in [0.29, 0.717) is 0 Å². The van der Waals surface area contributed by atoms with Crippen molar-refractivity contribution < 1.29 is 14.3 Å². The molecule has 0 bridgehead atoms. The molecule has 1 aliphatic rings. The summed E-state index contributed by atoms with van der Waals surface area (Å²) in [6.45, 7) is 2.14. The molecule has 1 fully saturated rings. The highest BCUT2D eigenvalue weighted by Gasteiger charge is 2.32. The van der Waals surface area contributed by atoms with Crippen molar-refractivity contribution in [3.05, 3.63) is 12.2 Å². The van der Waals surface area contributed by atoms with Gasteiger partial charge in [-0.3, -0.25) is 9.59 Å². The summed E-state index contributed by atoms with van der Waals surface area (Å²) in [7, 11) is 0. The molecule has 0 spiro atoms. The average Bonchev–Trinajstić information content (AvgIpc) is 2.51. The average molecular weight is 210 g/mol. The first kappa shape index (κ1) is 12.0. The van der Waals surface area contributed by atoms with Gasteiger partial charge in [0.05, 0.1) is 12.3 Å². The van der Waals surface area contributed by atoms with Gasteiger partial charge in [-0.1, -0.05) is 25.5 Å². The molecule has 0 N–H and O–H groups in total. The Bertz CT molecular complexity index is 256. The van der Waals surface area contributed by atoms with E-state index < -0.39 is 0 Å². The number of hydrogen-bond donors (Lipinski definition) is 0. The summed E-state index contributed by atoms with van der Waals surface area (Å²) in [5.41, 5.74) is 0. The number of esters is 2.